The maximum Gasteiger partial charge on any atom is 0.0540 e. The molecule has 0 aliphatic heterocycles. The SMILES string of the molecule is Cc1c(C(CN)N(C)CCCN(C)C)cnn1C. The van der Waals surface area contributed by atoms with Crippen LogP contribution in [0.2, 0.25) is 0 Å². The van der Waals surface area contributed by atoms with Gasteiger partial charge in [0.05, 0.1) is 12.2 Å². The molecule has 0 saturated carbocycles. The Morgan fingerprint density at radius 1 is 1.33 bits per heavy atom. The Morgan fingerprint density at radius 3 is 2.44 bits per heavy atom. The van der Waals surface area contributed by atoms with Gasteiger partial charge in [-0.2, -0.15) is 5.10 Å². The number of likely N-dealkylation sites (N-methyl/N-ethyl adjacent to an activating group) is 1. The second kappa shape index (κ2) is 6.87. The van der Waals surface area contributed by atoms with Crippen LogP contribution in [0, 0.1) is 6.92 Å². The van der Waals surface area contributed by atoms with Gasteiger partial charge in [-0.1, -0.05) is 0 Å². The summed E-state index contributed by atoms with van der Waals surface area (Å²) in [6.45, 7) is 4.88. The molecule has 0 aliphatic rings. The number of nitrogens with zero attached hydrogens (tertiary/aromatic N) is 4. The summed E-state index contributed by atoms with van der Waals surface area (Å²) in [7, 11) is 8.31. The van der Waals surface area contributed by atoms with Crippen molar-refractivity contribution in [3.8, 4) is 0 Å². The van der Waals surface area contributed by atoms with E-state index in [1.165, 1.54) is 11.3 Å². The standard InChI is InChI=1S/C13H27N5/c1-11-12(10-15-18(11)5)13(9-14)17(4)8-6-7-16(2)3/h10,13H,6-9,14H2,1-5H3. The first-order valence-electron chi connectivity index (χ1n) is 6.51. The summed E-state index contributed by atoms with van der Waals surface area (Å²) in [4.78, 5) is 4.54. The fourth-order valence-electron chi connectivity index (χ4n) is 2.18. The molecule has 1 aromatic heterocycles. The Hall–Kier alpha value is -0.910. The monoisotopic (exact) mass is 253 g/mol. The quantitative estimate of drug-likeness (QED) is 0.773. The second-order valence-electron chi connectivity index (χ2n) is 5.20. The summed E-state index contributed by atoms with van der Waals surface area (Å²) in [5.74, 6) is 0. The Morgan fingerprint density at radius 2 is 2.00 bits per heavy atom. The van der Waals surface area contributed by atoms with Gasteiger partial charge in [0.1, 0.15) is 0 Å². The third-order valence-corrected chi connectivity index (χ3v) is 3.50. The van der Waals surface area contributed by atoms with Gasteiger partial charge in [-0.15, -0.1) is 0 Å². The van der Waals surface area contributed by atoms with E-state index in [4.69, 9.17) is 5.73 Å². The zero-order valence-electron chi connectivity index (χ0n) is 12.3. The zero-order chi connectivity index (χ0) is 13.7. The minimum Gasteiger partial charge on any atom is -0.329 e. The molecule has 1 aromatic rings. The van der Waals surface area contributed by atoms with Crippen molar-refractivity contribution in [1.29, 1.82) is 0 Å². The van der Waals surface area contributed by atoms with Gasteiger partial charge >= 0.3 is 0 Å². The van der Waals surface area contributed by atoms with Crippen molar-refractivity contribution in [2.75, 3.05) is 40.8 Å². The molecule has 1 atom stereocenters. The smallest absolute Gasteiger partial charge is 0.0540 e. The molecule has 1 rings (SSSR count). The van der Waals surface area contributed by atoms with Crippen molar-refractivity contribution < 1.29 is 0 Å². The van der Waals surface area contributed by atoms with Crippen molar-refractivity contribution in [3.05, 3.63) is 17.5 Å². The molecule has 0 aromatic carbocycles. The van der Waals surface area contributed by atoms with Gasteiger partial charge in [0, 0.05) is 24.8 Å². The highest BCUT2D eigenvalue weighted by molar-refractivity contribution is 5.20. The van der Waals surface area contributed by atoms with Crippen LogP contribution in [0.3, 0.4) is 0 Å². The predicted octanol–water partition coefficient (Wildman–Crippen LogP) is 0.612. The van der Waals surface area contributed by atoms with Gasteiger partial charge in [0.15, 0.2) is 0 Å². The van der Waals surface area contributed by atoms with Gasteiger partial charge in [0.25, 0.3) is 0 Å². The van der Waals surface area contributed by atoms with Gasteiger partial charge in [0.2, 0.25) is 0 Å². The summed E-state index contributed by atoms with van der Waals surface area (Å²) in [5.41, 5.74) is 8.37. The Bertz CT molecular complexity index is 358. The molecule has 5 heteroatoms. The highest BCUT2D eigenvalue weighted by Gasteiger charge is 2.19. The van der Waals surface area contributed by atoms with Crippen molar-refractivity contribution in [1.82, 2.24) is 19.6 Å². The largest absolute Gasteiger partial charge is 0.329 e. The topological polar surface area (TPSA) is 50.3 Å². The summed E-state index contributed by atoms with van der Waals surface area (Å²) < 4.78 is 1.91. The van der Waals surface area contributed by atoms with E-state index in [0.717, 1.165) is 19.5 Å². The number of hydrogen-bond acceptors (Lipinski definition) is 4. The molecule has 0 amide bonds. The predicted molar refractivity (Wildman–Crippen MR) is 75.5 cm³/mol. The average molecular weight is 253 g/mol. The van der Waals surface area contributed by atoms with Crippen LogP contribution < -0.4 is 5.73 Å². The first-order chi connectivity index (χ1) is 8.47. The van der Waals surface area contributed by atoms with Crippen molar-refractivity contribution in [2.45, 2.75) is 19.4 Å². The second-order valence-corrected chi connectivity index (χ2v) is 5.20. The number of aromatic nitrogens is 2. The van der Waals surface area contributed by atoms with Crippen LogP contribution in [0.5, 0.6) is 0 Å². The average Bonchev–Trinajstić information content (AvgIpc) is 2.62. The summed E-state index contributed by atoms with van der Waals surface area (Å²) in [6.07, 6.45) is 3.09. The van der Waals surface area contributed by atoms with Gasteiger partial charge in [-0.3, -0.25) is 9.58 Å². The molecule has 0 fully saturated rings. The van der Waals surface area contributed by atoms with Gasteiger partial charge in [-0.05, 0) is 47.6 Å². The van der Waals surface area contributed by atoms with E-state index in [1.54, 1.807) is 0 Å². The molecule has 0 spiro atoms. The molecule has 0 radical (unpaired) electrons. The van der Waals surface area contributed by atoms with Crippen molar-refractivity contribution in [2.24, 2.45) is 12.8 Å². The Kier molecular flexibility index (Phi) is 5.78. The molecule has 2 N–H and O–H groups in total. The van der Waals surface area contributed by atoms with Crippen LogP contribution in [0.15, 0.2) is 6.20 Å². The van der Waals surface area contributed by atoms with Crippen LogP contribution in [-0.4, -0.2) is 60.4 Å². The fraction of sp³-hybridized carbons (Fsp3) is 0.769. The number of rotatable bonds is 7. The third kappa shape index (κ3) is 3.80. The highest BCUT2D eigenvalue weighted by Crippen LogP contribution is 2.21. The van der Waals surface area contributed by atoms with E-state index < -0.39 is 0 Å². The number of hydrogen-bond donors (Lipinski definition) is 1. The van der Waals surface area contributed by atoms with E-state index in [2.05, 4.69) is 43.0 Å². The zero-order valence-corrected chi connectivity index (χ0v) is 12.3. The van der Waals surface area contributed by atoms with Gasteiger partial charge < -0.3 is 10.6 Å². The Balaban J connectivity index is 2.63. The molecule has 0 saturated heterocycles. The fourth-order valence-corrected chi connectivity index (χ4v) is 2.18. The minimum absolute atomic E-state index is 0.265. The van der Waals surface area contributed by atoms with Crippen LogP contribution in [-0.2, 0) is 7.05 Å². The molecular formula is C13H27N5. The maximum atomic E-state index is 5.93. The van der Waals surface area contributed by atoms with E-state index in [0.29, 0.717) is 6.54 Å². The Labute approximate surface area is 111 Å². The number of aryl methyl sites for hydroxylation is 1. The highest BCUT2D eigenvalue weighted by atomic mass is 15.3. The van der Waals surface area contributed by atoms with E-state index in [9.17, 15) is 0 Å². The van der Waals surface area contributed by atoms with Crippen molar-refractivity contribution in [3.63, 3.8) is 0 Å². The maximum absolute atomic E-state index is 5.93. The summed E-state index contributed by atoms with van der Waals surface area (Å²) in [6, 6.07) is 0.265. The lowest BCUT2D eigenvalue weighted by atomic mass is 10.1. The molecule has 1 unspecified atom stereocenters. The molecular weight excluding hydrogens is 226 g/mol. The molecule has 0 aliphatic carbocycles. The van der Waals surface area contributed by atoms with Crippen LogP contribution in [0.1, 0.15) is 23.7 Å². The number of nitrogens with two attached hydrogens (primary N) is 1. The van der Waals surface area contributed by atoms with Gasteiger partial charge in [-0.25, -0.2) is 0 Å². The first kappa shape index (κ1) is 15.1. The minimum atomic E-state index is 0.265. The van der Waals surface area contributed by atoms with E-state index >= 15 is 0 Å². The normalized spacial score (nSPS) is 13.6. The van der Waals surface area contributed by atoms with E-state index in [1.807, 2.05) is 17.9 Å². The van der Waals surface area contributed by atoms with Crippen LogP contribution >= 0.6 is 0 Å². The third-order valence-electron chi connectivity index (χ3n) is 3.50. The van der Waals surface area contributed by atoms with Crippen LogP contribution in [0.4, 0.5) is 0 Å². The molecule has 104 valence electrons. The van der Waals surface area contributed by atoms with Crippen molar-refractivity contribution >= 4 is 0 Å². The molecule has 0 bridgehead atoms. The first-order valence-corrected chi connectivity index (χ1v) is 6.51. The molecule has 5 nitrogen and oxygen atoms in total. The lowest BCUT2D eigenvalue weighted by molar-refractivity contribution is 0.234. The summed E-state index contributed by atoms with van der Waals surface area (Å²) >= 11 is 0. The molecule has 18 heavy (non-hydrogen) atoms. The lowest BCUT2D eigenvalue weighted by Crippen LogP contribution is -2.32. The lowest BCUT2D eigenvalue weighted by Gasteiger charge is -2.27. The van der Waals surface area contributed by atoms with E-state index in [-0.39, 0.29) is 6.04 Å². The summed E-state index contributed by atoms with van der Waals surface area (Å²) in [5, 5.41) is 4.30. The molecule has 1 heterocycles. The van der Waals surface area contributed by atoms with Crippen LogP contribution in [0.25, 0.3) is 0 Å².